The van der Waals surface area contributed by atoms with E-state index in [0.29, 0.717) is 12.2 Å². The van der Waals surface area contributed by atoms with Crippen LogP contribution >= 0.6 is 0 Å². The highest BCUT2D eigenvalue weighted by Crippen LogP contribution is 2.08. The van der Waals surface area contributed by atoms with E-state index in [1.165, 1.54) is 6.20 Å². The largest absolute Gasteiger partial charge is 0.396 e. The van der Waals surface area contributed by atoms with Gasteiger partial charge in [-0.05, 0) is 25.0 Å². The highest BCUT2D eigenvalue weighted by atomic mass is 16.3. The second kappa shape index (κ2) is 6.59. The summed E-state index contributed by atoms with van der Waals surface area (Å²) in [7, 11) is 0. The van der Waals surface area contributed by atoms with Crippen LogP contribution < -0.4 is 10.6 Å². The van der Waals surface area contributed by atoms with Gasteiger partial charge in [0.1, 0.15) is 5.82 Å². The minimum atomic E-state index is -0.760. The third-order valence-corrected chi connectivity index (χ3v) is 2.07. The van der Waals surface area contributed by atoms with Gasteiger partial charge in [-0.1, -0.05) is 6.07 Å². The molecular formula is C11H15N3O3. The van der Waals surface area contributed by atoms with Gasteiger partial charge in [-0.25, -0.2) is 4.98 Å². The lowest BCUT2D eigenvalue weighted by atomic mass is 10.3. The van der Waals surface area contributed by atoms with E-state index in [9.17, 15) is 9.59 Å². The van der Waals surface area contributed by atoms with E-state index < -0.39 is 11.8 Å². The van der Waals surface area contributed by atoms with Gasteiger partial charge in [-0.15, -0.1) is 0 Å². The minimum absolute atomic E-state index is 0.0265. The fourth-order valence-corrected chi connectivity index (χ4v) is 1.14. The Balaban J connectivity index is 2.49. The van der Waals surface area contributed by atoms with Crippen molar-refractivity contribution < 1.29 is 14.7 Å². The lowest BCUT2D eigenvalue weighted by Gasteiger charge is -2.06. The van der Waals surface area contributed by atoms with Crippen LogP contribution in [0.1, 0.15) is 12.0 Å². The molecule has 6 heteroatoms. The molecule has 2 amide bonds. The first-order chi connectivity index (χ1) is 8.15. The normalized spacial score (nSPS) is 9.76. The van der Waals surface area contributed by atoms with E-state index >= 15 is 0 Å². The highest BCUT2D eigenvalue weighted by Gasteiger charge is 2.14. The molecule has 0 saturated heterocycles. The van der Waals surface area contributed by atoms with Crippen molar-refractivity contribution in [1.82, 2.24) is 10.3 Å². The first kappa shape index (κ1) is 13.1. The minimum Gasteiger partial charge on any atom is -0.396 e. The van der Waals surface area contributed by atoms with E-state index in [0.717, 1.165) is 5.56 Å². The summed E-state index contributed by atoms with van der Waals surface area (Å²) in [5, 5.41) is 13.3. The Morgan fingerprint density at radius 2 is 2.18 bits per heavy atom. The van der Waals surface area contributed by atoms with Crippen molar-refractivity contribution in [3.05, 3.63) is 23.9 Å². The predicted molar refractivity (Wildman–Crippen MR) is 62.3 cm³/mol. The molecule has 6 nitrogen and oxygen atoms in total. The van der Waals surface area contributed by atoms with Gasteiger partial charge in [0, 0.05) is 19.3 Å². The number of hydrogen-bond donors (Lipinski definition) is 3. The number of nitrogens with one attached hydrogen (secondary N) is 2. The number of nitrogens with zero attached hydrogens (tertiary/aromatic N) is 1. The molecule has 0 aromatic carbocycles. The standard InChI is InChI=1S/C11H15N3O3/c1-8-4-2-5-12-9(8)14-11(17)10(16)13-6-3-7-15/h2,4-5,15H,3,6-7H2,1H3,(H,13,16)(H,12,14,17). The smallest absolute Gasteiger partial charge is 0.314 e. The summed E-state index contributed by atoms with van der Waals surface area (Å²) in [6.07, 6.45) is 1.95. The van der Waals surface area contributed by atoms with Gasteiger partial charge in [-0.2, -0.15) is 0 Å². The van der Waals surface area contributed by atoms with Gasteiger partial charge in [0.2, 0.25) is 0 Å². The Kier molecular flexibility index (Phi) is 5.09. The SMILES string of the molecule is Cc1cccnc1NC(=O)C(=O)NCCCO. The average molecular weight is 237 g/mol. The van der Waals surface area contributed by atoms with Gasteiger partial charge >= 0.3 is 11.8 Å². The van der Waals surface area contributed by atoms with E-state index in [1.54, 1.807) is 19.1 Å². The van der Waals surface area contributed by atoms with Crippen molar-refractivity contribution in [2.75, 3.05) is 18.5 Å². The summed E-state index contributed by atoms with van der Waals surface area (Å²) in [5.41, 5.74) is 0.781. The highest BCUT2D eigenvalue weighted by molar-refractivity contribution is 6.39. The maximum atomic E-state index is 11.4. The molecule has 0 saturated carbocycles. The zero-order valence-corrected chi connectivity index (χ0v) is 9.56. The molecule has 0 atom stereocenters. The third-order valence-electron chi connectivity index (χ3n) is 2.07. The van der Waals surface area contributed by atoms with Crippen molar-refractivity contribution in [3.63, 3.8) is 0 Å². The molecule has 3 N–H and O–H groups in total. The van der Waals surface area contributed by atoms with Crippen molar-refractivity contribution in [2.24, 2.45) is 0 Å². The molecule has 1 heterocycles. The fourth-order valence-electron chi connectivity index (χ4n) is 1.14. The van der Waals surface area contributed by atoms with Crippen LogP contribution in [-0.4, -0.2) is 35.1 Å². The van der Waals surface area contributed by atoms with Crippen molar-refractivity contribution >= 4 is 17.6 Å². The number of aryl methyl sites for hydroxylation is 1. The number of aromatic nitrogens is 1. The summed E-state index contributed by atoms with van der Waals surface area (Å²) in [4.78, 5) is 26.7. The van der Waals surface area contributed by atoms with Crippen molar-refractivity contribution in [3.8, 4) is 0 Å². The first-order valence-electron chi connectivity index (χ1n) is 5.27. The maximum Gasteiger partial charge on any atom is 0.314 e. The summed E-state index contributed by atoms with van der Waals surface area (Å²) in [6.45, 7) is 2.03. The van der Waals surface area contributed by atoms with Crippen LogP contribution in [0.3, 0.4) is 0 Å². The number of carbonyl (C=O) groups excluding carboxylic acids is 2. The van der Waals surface area contributed by atoms with Gasteiger partial charge in [0.25, 0.3) is 0 Å². The molecule has 0 unspecified atom stereocenters. The lowest BCUT2D eigenvalue weighted by Crippen LogP contribution is -2.36. The van der Waals surface area contributed by atoms with Gasteiger partial charge in [0.05, 0.1) is 0 Å². The predicted octanol–water partition coefficient (Wildman–Crippen LogP) is -0.173. The number of hydrogen-bond acceptors (Lipinski definition) is 4. The fraction of sp³-hybridized carbons (Fsp3) is 0.364. The van der Waals surface area contributed by atoms with Crippen LogP contribution in [0, 0.1) is 6.92 Å². The molecular weight excluding hydrogens is 222 g/mol. The molecule has 1 aromatic rings. The Hall–Kier alpha value is -1.95. The molecule has 0 bridgehead atoms. The molecule has 0 radical (unpaired) electrons. The average Bonchev–Trinajstić information content (AvgIpc) is 2.32. The number of aliphatic hydroxyl groups excluding tert-OH is 1. The van der Waals surface area contributed by atoms with E-state index in [2.05, 4.69) is 15.6 Å². The number of carbonyl (C=O) groups is 2. The van der Waals surface area contributed by atoms with E-state index in [4.69, 9.17) is 5.11 Å². The third kappa shape index (κ3) is 4.20. The molecule has 0 fully saturated rings. The Morgan fingerprint density at radius 1 is 1.41 bits per heavy atom. The lowest BCUT2D eigenvalue weighted by molar-refractivity contribution is -0.136. The van der Waals surface area contributed by atoms with Gasteiger partial charge < -0.3 is 15.7 Å². The molecule has 0 aliphatic heterocycles. The molecule has 17 heavy (non-hydrogen) atoms. The number of amides is 2. The molecule has 1 rings (SSSR count). The van der Waals surface area contributed by atoms with Crippen LogP contribution in [0.5, 0.6) is 0 Å². The molecule has 1 aromatic heterocycles. The summed E-state index contributed by atoms with van der Waals surface area (Å²) in [6, 6.07) is 3.53. The monoisotopic (exact) mass is 237 g/mol. The van der Waals surface area contributed by atoms with Gasteiger partial charge in [0.15, 0.2) is 0 Å². The van der Waals surface area contributed by atoms with E-state index in [-0.39, 0.29) is 13.2 Å². The molecule has 0 spiro atoms. The Morgan fingerprint density at radius 3 is 2.82 bits per heavy atom. The molecule has 0 aliphatic rings. The van der Waals surface area contributed by atoms with Crippen LogP contribution in [-0.2, 0) is 9.59 Å². The number of anilines is 1. The van der Waals surface area contributed by atoms with Crippen molar-refractivity contribution in [2.45, 2.75) is 13.3 Å². The zero-order chi connectivity index (χ0) is 12.7. The quantitative estimate of drug-likeness (QED) is 0.500. The Labute approximate surface area is 99.1 Å². The van der Waals surface area contributed by atoms with Crippen molar-refractivity contribution in [1.29, 1.82) is 0 Å². The molecule has 92 valence electrons. The second-order valence-electron chi connectivity index (χ2n) is 3.46. The molecule has 0 aliphatic carbocycles. The maximum absolute atomic E-state index is 11.4. The van der Waals surface area contributed by atoms with Crippen LogP contribution in [0.25, 0.3) is 0 Å². The number of aliphatic hydroxyl groups is 1. The summed E-state index contributed by atoms with van der Waals surface area (Å²) >= 11 is 0. The second-order valence-corrected chi connectivity index (χ2v) is 3.46. The van der Waals surface area contributed by atoms with Gasteiger partial charge in [-0.3, -0.25) is 9.59 Å². The first-order valence-corrected chi connectivity index (χ1v) is 5.27. The number of rotatable bonds is 4. The van der Waals surface area contributed by atoms with Crippen LogP contribution in [0.2, 0.25) is 0 Å². The van der Waals surface area contributed by atoms with E-state index in [1.807, 2.05) is 0 Å². The summed E-state index contributed by atoms with van der Waals surface area (Å²) in [5.74, 6) is -1.12. The van der Waals surface area contributed by atoms with Crippen LogP contribution in [0.4, 0.5) is 5.82 Å². The van der Waals surface area contributed by atoms with Crippen LogP contribution in [0.15, 0.2) is 18.3 Å². The zero-order valence-electron chi connectivity index (χ0n) is 9.56. The summed E-state index contributed by atoms with van der Waals surface area (Å²) < 4.78 is 0. The topological polar surface area (TPSA) is 91.3 Å². The Bertz CT molecular complexity index is 407. The number of pyridine rings is 1.